The van der Waals surface area contributed by atoms with Crippen LogP contribution in [-0.2, 0) is 9.13 Å². The van der Waals surface area contributed by atoms with Crippen molar-refractivity contribution in [3.05, 3.63) is 0 Å². The average Bonchev–Trinajstić information content (AvgIpc) is 2.46. The fourth-order valence-corrected chi connectivity index (χ4v) is 8.66. The van der Waals surface area contributed by atoms with Gasteiger partial charge in [-0.2, -0.15) is 0 Å². The van der Waals surface area contributed by atoms with Crippen LogP contribution >= 0.6 is 14.1 Å². The first-order valence-electron chi connectivity index (χ1n) is 8.88. The first-order valence-corrected chi connectivity index (χ1v) is 13.3. The zero-order chi connectivity index (χ0) is 17.2. The largest absolute Gasteiger partial charge is 0.381 e. The lowest BCUT2D eigenvalue weighted by Gasteiger charge is -2.27. The molecule has 0 heterocycles. The number of hydrogen-bond donors (Lipinski definition) is 2. The maximum absolute atomic E-state index is 13.1. The van der Waals surface area contributed by atoms with Crippen LogP contribution in [0.2, 0.25) is 0 Å². The molecule has 6 heteroatoms. The fourth-order valence-electron chi connectivity index (χ4n) is 2.93. The predicted octanol–water partition coefficient (Wildman–Crippen LogP) is 5.88. The molecule has 0 amide bonds. The van der Waals surface area contributed by atoms with Crippen molar-refractivity contribution >= 4 is 14.1 Å². The summed E-state index contributed by atoms with van der Waals surface area (Å²) < 4.78 is 25.1. The van der Waals surface area contributed by atoms with Crippen molar-refractivity contribution in [3.8, 4) is 0 Å². The Bertz CT molecular complexity index is 356. The van der Waals surface area contributed by atoms with E-state index in [-0.39, 0.29) is 24.2 Å². The molecule has 0 aromatic heterocycles. The highest BCUT2D eigenvalue weighted by atomic mass is 32.1. The van der Waals surface area contributed by atoms with Crippen LogP contribution in [0.15, 0.2) is 0 Å². The number of hydrogen-bond acceptors (Lipinski definition) is 2. The molecule has 0 aliphatic rings. The average molecular weight is 354 g/mol. The van der Waals surface area contributed by atoms with E-state index < -0.39 is 14.1 Å². The zero-order valence-corrected chi connectivity index (χ0v) is 16.6. The van der Waals surface area contributed by atoms with Gasteiger partial charge in [-0.15, -0.1) is 0 Å². The molecule has 0 rings (SSSR count). The third kappa shape index (κ3) is 7.77. The summed E-state index contributed by atoms with van der Waals surface area (Å²) >= 11 is 0. The predicted molar refractivity (Wildman–Crippen MR) is 96.0 cm³/mol. The first-order chi connectivity index (χ1) is 10.2. The summed E-state index contributed by atoms with van der Waals surface area (Å²) in [6, 6.07) is 0. The Morgan fingerprint density at radius 2 is 1.14 bits per heavy atom. The quantitative estimate of drug-likeness (QED) is 0.405. The standard InChI is InChI=1S/C16H36O4P2/c1-5-9-11-15(7-3)13-21(17,22(18,19)20)14-16(8-4)12-10-6-2/h15-16H,5-14H2,1-4H3,(H2,18,19,20). The molecule has 0 aromatic rings. The summed E-state index contributed by atoms with van der Waals surface area (Å²) in [5, 5.41) is 0. The Morgan fingerprint density at radius 3 is 1.36 bits per heavy atom. The maximum atomic E-state index is 13.1. The molecule has 2 unspecified atom stereocenters. The van der Waals surface area contributed by atoms with Crippen LogP contribution in [0.3, 0.4) is 0 Å². The first kappa shape index (κ1) is 22.4. The van der Waals surface area contributed by atoms with E-state index in [4.69, 9.17) is 0 Å². The normalized spacial score (nSPS) is 17.9. The Labute approximate surface area is 136 Å². The van der Waals surface area contributed by atoms with Gasteiger partial charge in [0.05, 0.1) is 0 Å². The summed E-state index contributed by atoms with van der Waals surface area (Å²) in [6.07, 6.45) is 8.15. The second-order valence-corrected chi connectivity index (χ2v) is 13.8. The van der Waals surface area contributed by atoms with Crippen molar-refractivity contribution < 1.29 is 18.9 Å². The maximum Gasteiger partial charge on any atom is 0.381 e. The molecule has 0 spiro atoms. The highest BCUT2D eigenvalue weighted by Gasteiger charge is 2.43. The SMILES string of the molecule is CCCCC(CC)CP(=O)(CC(CC)CCCC)P(=O)(O)O. The Hall–Kier alpha value is 0.380. The third-order valence-corrected chi connectivity index (χ3v) is 11.6. The van der Waals surface area contributed by atoms with Gasteiger partial charge in [-0.25, -0.2) is 0 Å². The number of rotatable bonds is 13. The van der Waals surface area contributed by atoms with Crippen LogP contribution in [0.1, 0.15) is 79.1 Å². The molecule has 0 aliphatic carbocycles. The van der Waals surface area contributed by atoms with Crippen molar-refractivity contribution in [2.45, 2.75) is 79.1 Å². The molecule has 4 nitrogen and oxygen atoms in total. The van der Waals surface area contributed by atoms with E-state index >= 15 is 0 Å². The minimum Gasteiger partial charge on any atom is -0.319 e. The van der Waals surface area contributed by atoms with Crippen molar-refractivity contribution in [2.75, 3.05) is 12.3 Å². The zero-order valence-electron chi connectivity index (χ0n) is 14.8. The Morgan fingerprint density at radius 1 is 0.773 bits per heavy atom. The Balaban J connectivity index is 5.06. The van der Waals surface area contributed by atoms with Gasteiger partial charge in [0.1, 0.15) is 0 Å². The van der Waals surface area contributed by atoms with Gasteiger partial charge in [-0.05, 0) is 11.8 Å². The molecule has 134 valence electrons. The lowest BCUT2D eigenvalue weighted by molar-refractivity contribution is 0.385. The molecule has 0 saturated carbocycles. The van der Waals surface area contributed by atoms with E-state index in [2.05, 4.69) is 13.8 Å². The van der Waals surface area contributed by atoms with Gasteiger partial charge in [0.15, 0.2) is 6.83 Å². The molecule has 0 aliphatic heterocycles. The van der Waals surface area contributed by atoms with E-state index in [0.717, 1.165) is 51.4 Å². The summed E-state index contributed by atoms with van der Waals surface area (Å²) in [4.78, 5) is 19.4. The van der Waals surface area contributed by atoms with Crippen molar-refractivity contribution in [3.63, 3.8) is 0 Å². The highest BCUT2D eigenvalue weighted by molar-refractivity contribution is 8.31. The van der Waals surface area contributed by atoms with Crippen LogP contribution in [0.5, 0.6) is 0 Å². The summed E-state index contributed by atoms with van der Waals surface area (Å²) in [5.74, 6) is 0.337. The molecule has 0 bridgehead atoms. The third-order valence-electron chi connectivity index (χ3n) is 4.65. The fraction of sp³-hybridized carbons (Fsp3) is 1.00. The summed E-state index contributed by atoms with van der Waals surface area (Å²) in [7, 11) is -4.53. The van der Waals surface area contributed by atoms with E-state index in [1.165, 1.54) is 0 Å². The molecule has 0 radical (unpaired) electrons. The lowest BCUT2D eigenvalue weighted by Crippen LogP contribution is -2.13. The van der Waals surface area contributed by atoms with Gasteiger partial charge in [-0.3, -0.25) is 4.57 Å². The van der Waals surface area contributed by atoms with Crippen molar-refractivity contribution in [1.82, 2.24) is 0 Å². The van der Waals surface area contributed by atoms with Crippen LogP contribution in [0, 0.1) is 11.8 Å². The van der Waals surface area contributed by atoms with Gasteiger partial charge in [0, 0.05) is 12.3 Å². The van der Waals surface area contributed by atoms with Gasteiger partial charge in [0.25, 0.3) is 0 Å². The molecule has 22 heavy (non-hydrogen) atoms. The minimum absolute atomic E-state index is 0.169. The van der Waals surface area contributed by atoms with E-state index in [0.29, 0.717) is 0 Å². The topological polar surface area (TPSA) is 74.6 Å². The highest BCUT2D eigenvalue weighted by Crippen LogP contribution is 2.78. The molecule has 0 fully saturated rings. The molecule has 0 aromatic carbocycles. The Kier molecular flexibility index (Phi) is 11.2. The molecule has 2 N–H and O–H groups in total. The van der Waals surface area contributed by atoms with E-state index in [9.17, 15) is 18.9 Å². The smallest absolute Gasteiger partial charge is 0.319 e. The van der Waals surface area contributed by atoms with Gasteiger partial charge in [0.2, 0.25) is 0 Å². The molecular weight excluding hydrogens is 318 g/mol. The van der Waals surface area contributed by atoms with Crippen LogP contribution < -0.4 is 0 Å². The molecule has 2 atom stereocenters. The molecule has 0 saturated heterocycles. The summed E-state index contributed by atoms with van der Waals surface area (Å²) in [5.41, 5.74) is 0. The monoisotopic (exact) mass is 354 g/mol. The van der Waals surface area contributed by atoms with Crippen LogP contribution in [0.25, 0.3) is 0 Å². The number of unbranched alkanes of at least 4 members (excludes halogenated alkanes) is 2. The van der Waals surface area contributed by atoms with Gasteiger partial charge >= 0.3 is 7.28 Å². The van der Waals surface area contributed by atoms with E-state index in [1.54, 1.807) is 0 Å². The minimum atomic E-state index is -4.53. The van der Waals surface area contributed by atoms with Crippen LogP contribution in [0.4, 0.5) is 0 Å². The van der Waals surface area contributed by atoms with E-state index in [1.807, 2.05) is 13.8 Å². The molecular formula is C16H36O4P2. The summed E-state index contributed by atoms with van der Waals surface area (Å²) in [6.45, 7) is 4.80. The van der Waals surface area contributed by atoms with Gasteiger partial charge in [-0.1, -0.05) is 79.1 Å². The van der Waals surface area contributed by atoms with Gasteiger partial charge < -0.3 is 14.4 Å². The van der Waals surface area contributed by atoms with Crippen molar-refractivity contribution in [2.24, 2.45) is 11.8 Å². The second kappa shape index (κ2) is 11.0. The lowest BCUT2D eigenvalue weighted by atomic mass is 10.0. The second-order valence-electron chi connectivity index (χ2n) is 6.56. The van der Waals surface area contributed by atoms with Crippen LogP contribution in [-0.4, -0.2) is 22.1 Å². The van der Waals surface area contributed by atoms with Crippen molar-refractivity contribution in [1.29, 1.82) is 0 Å².